The number of ether oxygens (including phenoxy) is 1. The number of methoxy groups -OCH3 is 1. The number of hydrogen-bond acceptors (Lipinski definition) is 2. The molecular formula is C16H26FNO. The van der Waals surface area contributed by atoms with Crippen LogP contribution in [0, 0.1) is 11.2 Å². The lowest BCUT2D eigenvalue weighted by Gasteiger charge is -2.29. The molecule has 0 aromatic heterocycles. The van der Waals surface area contributed by atoms with Gasteiger partial charge in [-0.05, 0) is 43.4 Å². The van der Waals surface area contributed by atoms with Crippen LogP contribution in [0.15, 0.2) is 18.2 Å². The molecule has 0 saturated carbocycles. The summed E-state index contributed by atoms with van der Waals surface area (Å²) in [6.07, 6.45) is 1.73. The SMILES string of the molecule is CCNC(C)CC(C)(C)Cc1cccc(OC)c1F. The molecule has 2 nitrogen and oxygen atoms in total. The minimum atomic E-state index is -0.228. The Bertz CT molecular complexity index is 404. The molecular weight excluding hydrogens is 241 g/mol. The van der Waals surface area contributed by atoms with Crippen molar-refractivity contribution in [3.05, 3.63) is 29.6 Å². The van der Waals surface area contributed by atoms with E-state index in [9.17, 15) is 4.39 Å². The summed E-state index contributed by atoms with van der Waals surface area (Å²) in [7, 11) is 1.50. The van der Waals surface area contributed by atoms with Gasteiger partial charge in [0.1, 0.15) is 0 Å². The average Bonchev–Trinajstić information content (AvgIpc) is 2.31. The Morgan fingerprint density at radius 2 is 2.05 bits per heavy atom. The molecule has 3 heteroatoms. The van der Waals surface area contributed by atoms with Crippen molar-refractivity contribution in [1.29, 1.82) is 0 Å². The third kappa shape index (κ3) is 4.83. The maximum Gasteiger partial charge on any atom is 0.168 e. The number of hydrogen-bond donors (Lipinski definition) is 1. The minimum Gasteiger partial charge on any atom is -0.494 e. The van der Waals surface area contributed by atoms with Crippen molar-refractivity contribution in [2.45, 2.75) is 46.6 Å². The summed E-state index contributed by atoms with van der Waals surface area (Å²) >= 11 is 0. The quantitative estimate of drug-likeness (QED) is 0.811. The zero-order valence-electron chi connectivity index (χ0n) is 12.7. The van der Waals surface area contributed by atoms with Crippen LogP contribution < -0.4 is 10.1 Å². The molecule has 1 atom stereocenters. The van der Waals surface area contributed by atoms with Crippen molar-refractivity contribution < 1.29 is 9.13 Å². The number of halogens is 1. The molecule has 1 aromatic rings. The van der Waals surface area contributed by atoms with Crippen LogP contribution in [-0.2, 0) is 6.42 Å². The largest absolute Gasteiger partial charge is 0.494 e. The number of nitrogens with one attached hydrogen (secondary N) is 1. The topological polar surface area (TPSA) is 21.3 Å². The van der Waals surface area contributed by atoms with Crippen molar-refractivity contribution >= 4 is 0 Å². The van der Waals surface area contributed by atoms with E-state index < -0.39 is 0 Å². The van der Waals surface area contributed by atoms with Crippen molar-refractivity contribution in [3.8, 4) is 5.75 Å². The lowest BCUT2D eigenvalue weighted by Crippen LogP contribution is -2.32. The predicted molar refractivity (Wildman–Crippen MR) is 78.2 cm³/mol. The molecule has 1 unspecified atom stereocenters. The molecule has 0 aliphatic carbocycles. The highest BCUT2D eigenvalue weighted by Gasteiger charge is 2.23. The van der Waals surface area contributed by atoms with E-state index in [0.717, 1.165) is 18.5 Å². The fourth-order valence-electron chi connectivity index (χ4n) is 2.69. The van der Waals surface area contributed by atoms with E-state index in [1.54, 1.807) is 6.07 Å². The van der Waals surface area contributed by atoms with Crippen LogP contribution in [0.25, 0.3) is 0 Å². The third-order valence-electron chi connectivity index (χ3n) is 3.34. The summed E-state index contributed by atoms with van der Waals surface area (Å²) in [5.41, 5.74) is 0.780. The molecule has 0 heterocycles. The number of rotatable bonds is 7. The predicted octanol–water partition coefficient (Wildman–Crippen LogP) is 3.79. The summed E-state index contributed by atoms with van der Waals surface area (Å²) in [6, 6.07) is 5.79. The first kappa shape index (κ1) is 16.0. The van der Waals surface area contributed by atoms with E-state index in [-0.39, 0.29) is 11.2 Å². The van der Waals surface area contributed by atoms with Crippen LogP contribution in [0.5, 0.6) is 5.75 Å². The first-order chi connectivity index (χ1) is 8.89. The molecule has 0 spiro atoms. The first-order valence-electron chi connectivity index (χ1n) is 6.94. The van der Waals surface area contributed by atoms with Gasteiger partial charge in [-0.1, -0.05) is 32.9 Å². The van der Waals surface area contributed by atoms with Crippen LogP contribution in [0.3, 0.4) is 0 Å². The minimum absolute atomic E-state index is 0.0504. The zero-order chi connectivity index (χ0) is 14.5. The van der Waals surface area contributed by atoms with Gasteiger partial charge in [0.05, 0.1) is 7.11 Å². The Labute approximate surface area is 116 Å². The second kappa shape index (κ2) is 6.90. The highest BCUT2D eigenvalue weighted by molar-refractivity contribution is 5.31. The second-order valence-corrected chi connectivity index (χ2v) is 5.94. The molecule has 0 radical (unpaired) electrons. The third-order valence-corrected chi connectivity index (χ3v) is 3.34. The van der Waals surface area contributed by atoms with Gasteiger partial charge in [-0.3, -0.25) is 0 Å². The van der Waals surface area contributed by atoms with E-state index in [0.29, 0.717) is 18.2 Å². The van der Waals surface area contributed by atoms with Gasteiger partial charge in [-0.25, -0.2) is 4.39 Å². The number of benzene rings is 1. The van der Waals surface area contributed by atoms with E-state index in [1.807, 2.05) is 12.1 Å². The summed E-state index contributed by atoms with van der Waals surface area (Å²) in [6.45, 7) is 9.60. The lowest BCUT2D eigenvalue weighted by atomic mass is 9.80. The van der Waals surface area contributed by atoms with Gasteiger partial charge in [-0.15, -0.1) is 0 Å². The Balaban J connectivity index is 2.77. The highest BCUT2D eigenvalue weighted by Crippen LogP contribution is 2.30. The summed E-state index contributed by atoms with van der Waals surface area (Å²) in [5, 5.41) is 3.41. The van der Waals surface area contributed by atoms with Gasteiger partial charge in [0.2, 0.25) is 0 Å². The molecule has 0 amide bonds. The summed E-state index contributed by atoms with van der Waals surface area (Å²) < 4.78 is 19.2. The van der Waals surface area contributed by atoms with Crippen LogP contribution >= 0.6 is 0 Å². The normalized spacial score (nSPS) is 13.4. The van der Waals surface area contributed by atoms with Crippen molar-refractivity contribution in [2.75, 3.05) is 13.7 Å². The molecule has 0 aliphatic heterocycles. The van der Waals surface area contributed by atoms with Gasteiger partial charge >= 0.3 is 0 Å². The van der Waals surface area contributed by atoms with Crippen LogP contribution in [0.2, 0.25) is 0 Å². The van der Waals surface area contributed by atoms with E-state index in [1.165, 1.54) is 7.11 Å². The van der Waals surface area contributed by atoms with Gasteiger partial charge < -0.3 is 10.1 Å². The van der Waals surface area contributed by atoms with Crippen molar-refractivity contribution in [2.24, 2.45) is 5.41 Å². The van der Waals surface area contributed by atoms with Crippen molar-refractivity contribution in [1.82, 2.24) is 5.32 Å². The fraction of sp³-hybridized carbons (Fsp3) is 0.625. The van der Waals surface area contributed by atoms with Crippen molar-refractivity contribution in [3.63, 3.8) is 0 Å². The Morgan fingerprint density at radius 3 is 2.63 bits per heavy atom. The molecule has 1 rings (SSSR count). The Morgan fingerprint density at radius 1 is 1.37 bits per heavy atom. The van der Waals surface area contributed by atoms with Gasteiger partial charge in [0.25, 0.3) is 0 Å². The van der Waals surface area contributed by atoms with Gasteiger partial charge in [-0.2, -0.15) is 0 Å². The molecule has 19 heavy (non-hydrogen) atoms. The second-order valence-electron chi connectivity index (χ2n) is 5.94. The van der Waals surface area contributed by atoms with E-state index >= 15 is 0 Å². The maximum atomic E-state index is 14.1. The van der Waals surface area contributed by atoms with Crippen LogP contribution in [0.1, 0.15) is 39.7 Å². The summed E-state index contributed by atoms with van der Waals surface area (Å²) in [4.78, 5) is 0. The zero-order valence-corrected chi connectivity index (χ0v) is 12.7. The molecule has 0 saturated heterocycles. The van der Waals surface area contributed by atoms with E-state index in [2.05, 4.69) is 33.0 Å². The smallest absolute Gasteiger partial charge is 0.168 e. The van der Waals surface area contributed by atoms with Crippen LogP contribution in [0.4, 0.5) is 4.39 Å². The van der Waals surface area contributed by atoms with Gasteiger partial charge in [0.15, 0.2) is 11.6 Å². The molecule has 1 aromatic carbocycles. The maximum absolute atomic E-state index is 14.1. The average molecular weight is 267 g/mol. The molecule has 1 N–H and O–H groups in total. The molecule has 0 fully saturated rings. The fourth-order valence-corrected chi connectivity index (χ4v) is 2.69. The molecule has 0 bridgehead atoms. The first-order valence-corrected chi connectivity index (χ1v) is 6.94. The molecule has 108 valence electrons. The Hall–Kier alpha value is -1.09. The Kier molecular flexibility index (Phi) is 5.80. The standard InChI is InChI=1S/C16H26FNO/c1-6-18-12(2)10-16(3,4)11-13-8-7-9-14(19-5)15(13)17/h7-9,12,18H,6,10-11H2,1-5H3. The monoisotopic (exact) mass is 267 g/mol. The highest BCUT2D eigenvalue weighted by atomic mass is 19.1. The summed E-state index contributed by atoms with van der Waals surface area (Å²) in [5.74, 6) is 0.0993. The van der Waals surface area contributed by atoms with Gasteiger partial charge in [0, 0.05) is 6.04 Å². The van der Waals surface area contributed by atoms with Crippen LogP contribution in [-0.4, -0.2) is 19.7 Å². The van der Waals surface area contributed by atoms with E-state index in [4.69, 9.17) is 4.74 Å². The lowest BCUT2D eigenvalue weighted by molar-refractivity contribution is 0.284. The molecule has 0 aliphatic rings.